The van der Waals surface area contributed by atoms with Crippen molar-refractivity contribution >= 4 is 22.1 Å². The lowest BCUT2D eigenvalue weighted by Crippen LogP contribution is -2.27. The molecule has 1 heterocycles. The highest BCUT2D eigenvalue weighted by Crippen LogP contribution is 2.12. The van der Waals surface area contributed by atoms with Gasteiger partial charge in [-0.15, -0.1) is 0 Å². The molecule has 0 radical (unpaired) electrons. The molecule has 0 aromatic rings. The summed E-state index contributed by atoms with van der Waals surface area (Å²) in [7, 11) is 2.00. The summed E-state index contributed by atoms with van der Waals surface area (Å²) >= 11 is 3.26. The third-order valence-electron chi connectivity index (χ3n) is 1.95. The number of nitrogens with zero attached hydrogens (tertiary/aromatic N) is 1. The van der Waals surface area contributed by atoms with Crippen LogP contribution in [0.4, 0.5) is 0 Å². The monoisotopic (exact) mass is 232 g/mol. The lowest BCUT2D eigenvalue weighted by atomic mass is 10.2. The van der Waals surface area contributed by atoms with E-state index in [-0.39, 0.29) is 0 Å². The first-order valence-corrected chi connectivity index (χ1v) is 4.71. The molecule has 0 aromatic carbocycles. The minimum Gasteiger partial charge on any atom is -0.379 e. The summed E-state index contributed by atoms with van der Waals surface area (Å²) in [5.74, 6) is 0. The molecule has 0 unspecified atom stereocenters. The Kier molecular flexibility index (Phi) is 3.75. The summed E-state index contributed by atoms with van der Waals surface area (Å²) in [6, 6.07) is 0.470. The van der Waals surface area contributed by atoms with E-state index in [1.54, 1.807) is 0 Å². The Hall–Kier alpha value is -0.350. The van der Waals surface area contributed by atoms with Crippen LogP contribution in [0.25, 0.3) is 0 Å². The van der Waals surface area contributed by atoms with Crippen molar-refractivity contribution in [1.82, 2.24) is 4.90 Å². The van der Waals surface area contributed by atoms with Gasteiger partial charge in [-0.05, 0) is 22.4 Å². The second-order valence-electron chi connectivity index (χ2n) is 2.84. The predicted molar refractivity (Wildman–Crippen MR) is 52.8 cm³/mol. The summed E-state index contributed by atoms with van der Waals surface area (Å²) < 4.78 is 6.04. The van der Waals surface area contributed by atoms with Crippen molar-refractivity contribution in [2.45, 2.75) is 12.5 Å². The van der Waals surface area contributed by atoms with E-state index in [0.29, 0.717) is 6.04 Å². The Bertz CT molecular complexity index is 187. The van der Waals surface area contributed by atoms with E-state index in [9.17, 15) is 0 Å². The first-order chi connectivity index (χ1) is 5.74. The van der Waals surface area contributed by atoms with Gasteiger partial charge < -0.3 is 15.0 Å². The predicted octanol–water partition coefficient (Wildman–Crippen LogP) is 1.59. The van der Waals surface area contributed by atoms with Gasteiger partial charge in [0.1, 0.15) is 0 Å². The maximum absolute atomic E-state index is 6.97. The number of hydrogen-bond acceptors (Lipinski definition) is 3. The quantitative estimate of drug-likeness (QED) is 0.751. The number of rotatable bonds is 3. The van der Waals surface area contributed by atoms with Gasteiger partial charge in [-0.25, -0.2) is 0 Å². The molecule has 0 aliphatic carbocycles. The Labute approximate surface area is 81.0 Å². The van der Waals surface area contributed by atoms with Gasteiger partial charge in [0.05, 0.1) is 17.1 Å². The van der Waals surface area contributed by atoms with E-state index in [1.807, 2.05) is 13.2 Å². The summed E-state index contributed by atoms with van der Waals surface area (Å²) in [6.07, 6.45) is 4.27. The second-order valence-corrected chi connectivity index (χ2v) is 3.76. The highest BCUT2D eigenvalue weighted by molar-refractivity contribution is 9.12. The number of hydrogen-bond donors (Lipinski definition) is 1. The van der Waals surface area contributed by atoms with Crippen LogP contribution in [0, 0.1) is 5.41 Å². The zero-order valence-electron chi connectivity index (χ0n) is 7.09. The molecular weight excluding hydrogens is 220 g/mol. The molecule has 68 valence electrons. The summed E-state index contributed by atoms with van der Waals surface area (Å²) in [5.41, 5.74) is 0. The van der Waals surface area contributed by atoms with Crippen molar-refractivity contribution in [2.75, 3.05) is 20.3 Å². The maximum Gasteiger partial charge on any atom is 0.0670 e. The van der Waals surface area contributed by atoms with Crippen molar-refractivity contribution < 1.29 is 4.74 Å². The molecule has 0 bridgehead atoms. The summed E-state index contributed by atoms with van der Waals surface area (Å²) in [4.78, 5) is 2.09. The minimum absolute atomic E-state index is 0.470. The Balaban J connectivity index is 2.45. The standard InChI is InChI=1S/C8H13BrN2O/c1-11(5-7(9)4-10)8-2-3-12-6-8/h4-5,8,10H,2-3,6H2,1H3/b7-5+,10-4?/t8-/m1/s1. The van der Waals surface area contributed by atoms with Crippen molar-refractivity contribution in [3.8, 4) is 0 Å². The van der Waals surface area contributed by atoms with Crippen LogP contribution in [-0.2, 0) is 4.74 Å². The van der Waals surface area contributed by atoms with Gasteiger partial charge >= 0.3 is 0 Å². The van der Waals surface area contributed by atoms with Crippen LogP contribution in [0.2, 0.25) is 0 Å². The van der Waals surface area contributed by atoms with Gasteiger partial charge in [0.2, 0.25) is 0 Å². The second kappa shape index (κ2) is 4.62. The van der Waals surface area contributed by atoms with Crippen LogP contribution in [0.15, 0.2) is 10.7 Å². The number of likely N-dealkylation sites (N-methyl/N-ethyl adjacent to an activating group) is 1. The SMILES string of the molecule is CN(/C=C(/Br)C=N)[C@@H]1CCOC1. The van der Waals surface area contributed by atoms with Crippen LogP contribution in [-0.4, -0.2) is 37.4 Å². The Morgan fingerprint density at radius 2 is 2.50 bits per heavy atom. The molecule has 12 heavy (non-hydrogen) atoms. The number of allylic oxidation sites excluding steroid dienone is 1. The van der Waals surface area contributed by atoms with Gasteiger partial charge in [-0.3, -0.25) is 0 Å². The van der Waals surface area contributed by atoms with Crippen molar-refractivity contribution in [3.05, 3.63) is 10.7 Å². The molecule has 0 spiro atoms. The molecule has 1 saturated heterocycles. The van der Waals surface area contributed by atoms with Gasteiger partial charge in [0.15, 0.2) is 0 Å². The molecule has 1 N–H and O–H groups in total. The fourth-order valence-electron chi connectivity index (χ4n) is 1.18. The van der Waals surface area contributed by atoms with Crippen molar-refractivity contribution in [1.29, 1.82) is 5.41 Å². The zero-order valence-corrected chi connectivity index (χ0v) is 8.67. The van der Waals surface area contributed by atoms with Crippen LogP contribution in [0.1, 0.15) is 6.42 Å². The number of ether oxygens (including phenoxy) is 1. The average Bonchev–Trinajstić information content (AvgIpc) is 2.56. The van der Waals surface area contributed by atoms with Gasteiger partial charge in [0, 0.05) is 26.1 Å². The highest BCUT2D eigenvalue weighted by atomic mass is 79.9. The highest BCUT2D eigenvalue weighted by Gasteiger charge is 2.17. The molecule has 0 amide bonds. The summed E-state index contributed by atoms with van der Waals surface area (Å²) in [5, 5.41) is 6.97. The molecule has 4 heteroatoms. The van der Waals surface area contributed by atoms with E-state index >= 15 is 0 Å². The molecule has 1 aliphatic rings. The molecule has 1 fully saturated rings. The lowest BCUT2D eigenvalue weighted by molar-refractivity contribution is 0.175. The first kappa shape index (κ1) is 9.74. The lowest BCUT2D eigenvalue weighted by Gasteiger charge is -2.20. The van der Waals surface area contributed by atoms with Crippen LogP contribution >= 0.6 is 15.9 Å². The molecule has 3 nitrogen and oxygen atoms in total. The van der Waals surface area contributed by atoms with E-state index in [2.05, 4.69) is 20.8 Å². The normalized spacial score (nSPS) is 24.2. The Morgan fingerprint density at radius 3 is 3.00 bits per heavy atom. The first-order valence-electron chi connectivity index (χ1n) is 3.91. The average molecular weight is 233 g/mol. The molecule has 0 aromatic heterocycles. The molecule has 1 atom stereocenters. The molecular formula is C8H13BrN2O. The van der Waals surface area contributed by atoms with Crippen molar-refractivity contribution in [2.24, 2.45) is 0 Å². The van der Waals surface area contributed by atoms with Gasteiger partial charge in [0.25, 0.3) is 0 Å². The number of halogens is 1. The third-order valence-corrected chi connectivity index (χ3v) is 2.38. The largest absolute Gasteiger partial charge is 0.379 e. The topological polar surface area (TPSA) is 36.3 Å². The number of nitrogens with one attached hydrogen (secondary N) is 1. The van der Waals surface area contributed by atoms with E-state index in [1.165, 1.54) is 6.21 Å². The Morgan fingerprint density at radius 1 is 1.75 bits per heavy atom. The smallest absolute Gasteiger partial charge is 0.0670 e. The minimum atomic E-state index is 0.470. The van der Waals surface area contributed by atoms with Crippen molar-refractivity contribution in [3.63, 3.8) is 0 Å². The summed E-state index contributed by atoms with van der Waals surface area (Å²) in [6.45, 7) is 1.65. The van der Waals surface area contributed by atoms with Crippen LogP contribution in [0.3, 0.4) is 0 Å². The van der Waals surface area contributed by atoms with E-state index in [4.69, 9.17) is 10.1 Å². The molecule has 0 saturated carbocycles. The van der Waals surface area contributed by atoms with E-state index < -0.39 is 0 Å². The van der Waals surface area contributed by atoms with Gasteiger partial charge in [-0.1, -0.05) is 0 Å². The zero-order chi connectivity index (χ0) is 8.97. The van der Waals surface area contributed by atoms with Crippen LogP contribution in [0.5, 0.6) is 0 Å². The van der Waals surface area contributed by atoms with Crippen LogP contribution < -0.4 is 0 Å². The van der Waals surface area contributed by atoms with Gasteiger partial charge in [-0.2, -0.15) is 0 Å². The van der Waals surface area contributed by atoms with E-state index in [0.717, 1.165) is 24.1 Å². The maximum atomic E-state index is 6.97. The molecule has 1 rings (SSSR count). The fourth-order valence-corrected chi connectivity index (χ4v) is 1.50. The third kappa shape index (κ3) is 2.60. The fraction of sp³-hybridized carbons (Fsp3) is 0.625. The molecule has 1 aliphatic heterocycles.